The van der Waals surface area contributed by atoms with Crippen LogP contribution in [0, 0.1) is 5.92 Å². The Balaban J connectivity index is 2.75. The van der Waals surface area contributed by atoms with Gasteiger partial charge in [0.1, 0.15) is 6.04 Å². The second-order valence-corrected chi connectivity index (χ2v) is 3.76. The van der Waals surface area contributed by atoms with Gasteiger partial charge in [0.2, 0.25) is 0 Å². The van der Waals surface area contributed by atoms with Crippen molar-refractivity contribution in [3.63, 3.8) is 0 Å². The minimum absolute atomic E-state index is 0.0678. The van der Waals surface area contributed by atoms with Gasteiger partial charge >= 0.3 is 12.0 Å². The number of hydrogen-bond donors (Lipinski definition) is 1. The first-order valence-corrected chi connectivity index (χ1v) is 4.67. The fourth-order valence-electron chi connectivity index (χ4n) is 1.36. The van der Waals surface area contributed by atoms with Crippen LogP contribution in [0.4, 0.5) is 4.79 Å². The minimum Gasteiger partial charge on any atom is -0.481 e. The maximum absolute atomic E-state index is 11.6. The Morgan fingerprint density at radius 2 is 2.07 bits per heavy atom. The van der Waals surface area contributed by atoms with Crippen molar-refractivity contribution < 1.29 is 19.5 Å². The molecule has 1 saturated heterocycles. The average molecular weight is 214 g/mol. The molecular formula is C9H14N2O4. The van der Waals surface area contributed by atoms with Crippen molar-refractivity contribution in [2.45, 2.75) is 19.9 Å². The molecule has 1 N–H and O–H groups in total. The van der Waals surface area contributed by atoms with Gasteiger partial charge in [-0.2, -0.15) is 0 Å². The highest BCUT2D eigenvalue weighted by Gasteiger charge is 2.41. The van der Waals surface area contributed by atoms with Crippen LogP contribution in [0.3, 0.4) is 0 Å². The Labute approximate surface area is 87.5 Å². The van der Waals surface area contributed by atoms with Crippen molar-refractivity contribution in [3.8, 4) is 0 Å². The summed E-state index contributed by atoms with van der Waals surface area (Å²) in [5.74, 6) is -2.09. The van der Waals surface area contributed by atoms with E-state index in [2.05, 4.69) is 0 Å². The van der Waals surface area contributed by atoms with Crippen LogP contribution in [0.2, 0.25) is 0 Å². The third-order valence-corrected chi connectivity index (χ3v) is 2.62. The van der Waals surface area contributed by atoms with Crippen LogP contribution in [0.5, 0.6) is 0 Å². The molecule has 1 rings (SSSR count). The number of carboxylic acids is 1. The summed E-state index contributed by atoms with van der Waals surface area (Å²) in [4.78, 5) is 36.0. The lowest BCUT2D eigenvalue weighted by Crippen LogP contribution is -2.37. The Morgan fingerprint density at radius 3 is 2.40 bits per heavy atom. The first-order chi connectivity index (χ1) is 6.86. The Hall–Kier alpha value is -1.59. The standard InChI is InChI=1S/C9H14N2O4/c1-5(8(13)14)4-11-7(12)6(2)10(3)9(11)15/h5-6H,4H2,1-3H3,(H,13,14). The van der Waals surface area contributed by atoms with Crippen molar-refractivity contribution >= 4 is 17.9 Å². The van der Waals surface area contributed by atoms with E-state index in [4.69, 9.17) is 5.11 Å². The van der Waals surface area contributed by atoms with Gasteiger partial charge in [-0.3, -0.25) is 14.5 Å². The summed E-state index contributed by atoms with van der Waals surface area (Å²) in [6.07, 6.45) is 0. The zero-order valence-electron chi connectivity index (χ0n) is 8.93. The molecular weight excluding hydrogens is 200 g/mol. The predicted molar refractivity (Wildman–Crippen MR) is 51.1 cm³/mol. The molecule has 0 aromatic rings. The summed E-state index contributed by atoms with van der Waals surface area (Å²) in [6.45, 7) is 3.01. The third-order valence-electron chi connectivity index (χ3n) is 2.62. The lowest BCUT2D eigenvalue weighted by Gasteiger charge is -2.16. The molecule has 1 aliphatic rings. The van der Waals surface area contributed by atoms with Gasteiger partial charge in [0, 0.05) is 13.6 Å². The highest BCUT2D eigenvalue weighted by atomic mass is 16.4. The maximum atomic E-state index is 11.6. The second kappa shape index (κ2) is 3.88. The number of rotatable bonds is 3. The molecule has 1 heterocycles. The second-order valence-electron chi connectivity index (χ2n) is 3.76. The van der Waals surface area contributed by atoms with E-state index in [9.17, 15) is 14.4 Å². The Bertz CT molecular complexity index is 295. The number of amides is 3. The number of carbonyl (C=O) groups excluding carboxylic acids is 2. The molecule has 2 atom stereocenters. The quantitative estimate of drug-likeness (QED) is 0.670. The monoisotopic (exact) mass is 214 g/mol. The number of carboxylic acid groups (broad SMARTS) is 1. The number of imide groups is 1. The molecule has 0 spiro atoms. The molecule has 6 heteroatoms. The smallest absolute Gasteiger partial charge is 0.327 e. The highest BCUT2D eigenvalue weighted by molar-refractivity contribution is 6.04. The molecule has 0 bridgehead atoms. The molecule has 15 heavy (non-hydrogen) atoms. The van der Waals surface area contributed by atoms with E-state index >= 15 is 0 Å². The number of aliphatic carboxylic acids is 1. The van der Waals surface area contributed by atoms with Crippen molar-refractivity contribution in [2.75, 3.05) is 13.6 Å². The molecule has 2 unspecified atom stereocenters. The van der Waals surface area contributed by atoms with Crippen molar-refractivity contribution in [2.24, 2.45) is 5.92 Å². The first-order valence-electron chi connectivity index (χ1n) is 4.67. The van der Waals surface area contributed by atoms with Crippen LogP contribution in [-0.4, -0.2) is 52.4 Å². The van der Waals surface area contributed by atoms with Gasteiger partial charge in [-0.15, -0.1) is 0 Å². The topological polar surface area (TPSA) is 77.9 Å². The zero-order chi connectivity index (χ0) is 11.7. The predicted octanol–water partition coefficient (Wildman–Crippen LogP) is -0.0104. The molecule has 0 radical (unpaired) electrons. The molecule has 0 aromatic heterocycles. The Morgan fingerprint density at radius 1 is 1.53 bits per heavy atom. The molecule has 0 aliphatic carbocycles. The summed E-state index contributed by atoms with van der Waals surface area (Å²) in [7, 11) is 1.52. The van der Waals surface area contributed by atoms with Crippen LogP contribution in [-0.2, 0) is 9.59 Å². The normalized spacial score (nSPS) is 23.5. The van der Waals surface area contributed by atoms with Crippen LogP contribution in [0.15, 0.2) is 0 Å². The molecule has 0 aromatic carbocycles. The number of urea groups is 1. The van der Waals surface area contributed by atoms with Crippen molar-refractivity contribution in [3.05, 3.63) is 0 Å². The van der Waals surface area contributed by atoms with Gasteiger partial charge in [-0.1, -0.05) is 6.92 Å². The number of likely N-dealkylation sites (N-methyl/N-ethyl adjacent to an activating group) is 1. The zero-order valence-corrected chi connectivity index (χ0v) is 8.93. The minimum atomic E-state index is -1.02. The highest BCUT2D eigenvalue weighted by Crippen LogP contribution is 2.16. The van der Waals surface area contributed by atoms with E-state index in [1.165, 1.54) is 18.9 Å². The van der Waals surface area contributed by atoms with E-state index < -0.39 is 24.0 Å². The van der Waals surface area contributed by atoms with Gasteiger partial charge in [-0.25, -0.2) is 4.79 Å². The van der Waals surface area contributed by atoms with Gasteiger partial charge < -0.3 is 10.0 Å². The number of hydrogen-bond acceptors (Lipinski definition) is 3. The van der Waals surface area contributed by atoms with Crippen LogP contribution < -0.4 is 0 Å². The number of carbonyl (C=O) groups is 3. The molecule has 1 aliphatic heterocycles. The van der Waals surface area contributed by atoms with Gasteiger partial charge in [0.15, 0.2) is 0 Å². The van der Waals surface area contributed by atoms with E-state index in [1.807, 2.05) is 0 Å². The van der Waals surface area contributed by atoms with Crippen LogP contribution in [0.25, 0.3) is 0 Å². The SMILES string of the molecule is CC(CN1C(=O)C(C)N(C)C1=O)C(=O)O. The molecule has 84 valence electrons. The Kier molecular flexibility index (Phi) is 2.97. The summed E-state index contributed by atoms with van der Waals surface area (Å²) in [5, 5.41) is 8.68. The van der Waals surface area contributed by atoms with Crippen molar-refractivity contribution in [1.29, 1.82) is 0 Å². The molecule has 1 fully saturated rings. The average Bonchev–Trinajstić information content (AvgIpc) is 2.35. The summed E-state index contributed by atoms with van der Waals surface area (Å²) < 4.78 is 0. The van der Waals surface area contributed by atoms with Crippen LogP contribution >= 0.6 is 0 Å². The third kappa shape index (κ3) is 1.93. The largest absolute Gasteiger partial charge is 0.481 e. The van der Waals surface area contributed by atoms with Gasteiger partial charge in [0.25, 0.3) is 5.91 Å². The summed E-state index contributed by atoms with van der Waals surface area (Å²) >= 11 is 0. The van der Waals surface area contributed by atoms with E-state index in [0.717, 1.165) is 4.90 Å². The first kappa shape index (κ1) is 11.5. The van der Waals surface area contributed by atoms with E-state index in [0.29, 0.717) is 0 Å². The molecule has 3 amide bonds. The van der Waals surface area contributed by atoms with E-state index in [-0.39, 0.29) is 12.5 Å². The fraction of sp³-hybridized carbons (Fsp3) is 0.667. The summed E-state index contributed by atoms with van der Waals surface area (Å²) in [6, 6.07) is -0.931. The molecule has 6 nitrogen and oxygen atoms in total. The lowest BCUT2D eigenvalue weighted by atomic mass is 10.2. The van der Waals surface area contributed by atoms with Crippen LogP contribution in [0.1, 0.15) is 13.8 Å². The van der Waals surface area contributed by atoms with Gasteiger partial charge in [-0.05, 0) is 6.92 Å². The molecule has 0 saturated carbocycles. The van der Waals surface area contributed by atoms with Gasteiger partial charge in [0.05, 0.1) is 5.92 Å². The van der Waals surface area contributed by atoms with E-state index in [1.54, 1.807) is 6.92 Å². The number of nitrogens with zero attached hydrogens (tertiary/aromatic N) is 2. The maximum Gasteiger partial charge on any atom is 0.327 e. The lowest BCUT2D eigenvalue weighted by molar-refractivity contribution is -0.142. The van der Waals surface area contributed by atoms with Crippen molar-refractivity contribution in [1.82, 2.24) is 9.80 Å². The fourth-order valence-corrected chi connectivity index (χ4v) is 1.36. The summed E-state index contributed by atoms with van der Waals surface area (Å²) in [5.41, 5.74) is 0.